The smallest absolute Gasteiger partial charge is 0.305 e. The van der Waals surface area contributed by atoms with Crippen molar-refractivity contribution in [3.63, 3.8) is 0 Å². The molecule has 0 aliphatic rings. The van der Waals surface area contributed by atoms with Crippen LogP contribution in [0.25, 0.3) is 10.1 Å². The Morgan fingerprint density at radius 3 is 2.57 bits per heavy atom. The highest BCUT2D eigenvalue weighted by atomic mass is 32.1. The lowest BCUT2D eigenvalue weighted by Crippen LogP contribution is -2.15. The summed E-state index contributed by atoms with van der Waals surface area (Å²) in [5.74, 6) is -1.08. The molecular weight excluding hydrogens is 290 g/mol. The van der Waals surface area contributed by atoms with Crippen molar-refractivity contribution >= 4 is 39.1 Å². The number of methoxy groups -OCH3 is 1. The van der Waals surface area contributed by atoms with E-state index in [2.05, 4.69) is 4.74 Å². The van der Waals surface area contributed by atoms with Crippen LogP contribution in [0, 0.1) is 0 Å². The number of fused-ring (bicyclic) bond motifs is 1. The standard InChI is InChI=1S/C15H15NO4S/c1-20-14(19)7-6-11(17)15-10(8-13(16)18)9-4-2-3-5-12(9)21-15/h2-5H,6-8H2,1H3,(H2,16,18). The van der Waals surface area contributed by atoms with E-state index in [-0.39, 0.29) is 25.0 Å². The largest absolute Gasteiger partial charge is 0.469 e. The maximum atomic E-state index is 12.3. The molecule has 110 valence electrons. The van der Waals surface area contributed by atoms with E-state index in [4.69, 9.17) is 5.73 Å². The van der Waals surface area contributed by atoms with Crippen LogP contribution in [-0.4, -0.2) is 24.8 Å². The van der Waals surface area contributed by atoms with Crippen molar-refractivity contribution in [3.8, 4) is 0 Å². The lowest BCUT2D eigenvalue weighted by atomic mass is 10.0. The summed E-state index contributed by atoms with van der Waals surface area (Å²) >= 11 is 1.32. The average Bonchev–Trinajstić information content (AvgIpc) is 2.82. The molecule has 5 nitrogen and oxygen atoms in total. The first kappa shape index (κ1) is 15.2. The summed E-state index contributed by atoms with van der Waals surface area (Å²) in [7, 11) is 1.28. The molecule has 1 aromatic heterocycles. The zero-order valence-corrected chi connectivity index (χ0v) is 12.4. The molecule has 0 fully saturated rings. The number of hydrogen-bond acceptors (Lipinski definition) is 5. The lowest BCUT2D eigenvalue weighted by molar-refractivity contribution is -0.140. The number of primary amides is 1. The number of nitrogens with two attached hydrogens (primary N) is 1. The molecule has 0 spiro atoms. The molecular formula is C15H15NO4S. The molecule has 1 amide bonds. The number of carbonyl (C=O) groups is 3. The molecule has 0 bridgehead atoms. The monoisotopic (exact) mass is 305 g/mol. The fourth-order valence-corrected chi connectivity index (χ4v) is 3.29. The third-order valence-electron chi connectivity index (χ3n) is 3.09. The Kier molecular flexibility index (Phi) is 4.70. The number of carbonyl (C=O) groups excluding carboxylic acids is 3. The highest BCUT2D eigenvalue weighted by Gasteiger charge is 2.20. The topological polar surface area (TPSA) is 86.5 Å². The molecule has 0 radical (unpaired) electrons. The number of esters is 1. The van der Waals surface area contributed by atoms with E-state index in [1.165, 1.54) is 18.4 Å². The second kappa shape index (κ2) is 6.49. The molecule has 0 aliphatic heterocycles. The maximum absolute atomic E-state index is 12.3. The zero-order valence-electron chi connectivity index (χ0n) is 11.5. The van der Waals surface area contributed by atoms with Crippen LogP contribution in [0.2, 0.25) is 0 Å². The molecule has 1 heterocycles. The Morgan fingerprint density at radius 2 is 1.90 bits per heavy atom. The first-order valence-electron chi connectivity index (χ1n) is 6.41. The number of Topliss-reactive ketones (excluding diaryl/α,β-unsaturated/α-hetero) is 1. The van der Waals surface area contributed by atoms with E-state index in [9.17, 15) is 14.4 Å². The minimum absolute atomic E-state index is 0.0172. The van der Waals surface area contributed by atoms with Crippen LogP contribution >= 0.6 is 11.3 Å². The fraction of sp³-hybridized carbons (Fsp3) is 0.267. The molecule has 0 saturated carbocycles. The number of rotatable bonds is 6. The van der Waals surface area contributed by atoms with E-state index in [0.717, 1.165) is 10.1 Å². The molecule has 0 atom stereocenters. The van der Waals surface area contributed by atoms with Crippen molar-refractivity contribution in [2.24, 2.45) is 5.73 Å². The Hall–Kier alpha value is -2.21. The van der Waals surface area contributed by atoms with Crippen molar-refractivity contribution in [1.82, 2.24) is 0 Å². The third kappa shape index (κ3) is 3.46. The molecule has 2 N–H and O–H groups in total. The van der Waals surface area contributed by atoms with Crippen LogP contribution in [0.4, 0.5) is 0 Å². The number of ether oxygens (including phenoxy) is 1. The minimum Gasteiger partial charge on any atom is -0.469 e. The summed E-state index contributed by atoms with van der Waals surface area (Å²) in [5, 5.41) is 0.864. The number of ketones is 1. The van der Waals surface area contributed by atoms with Gasteiger partial charge in [0.25, 0.3) is 0 Å². The normalized spacial score (nSPS) is 10.5. The predicted octanol–water partition coefficient (Wildman–Crippen LogP) is 2.06. The SMILES string of the molecule is COC(=O)CCC(=O)c1sc2ccccc2c1CC(N)=O. The number of thiophene rings is 1. The van der Waals surface area contributed by atoms with Crippen molar-refractivity contribution in [2.75, 3.05) is 7.11 Å². The van der Waals surface area contributed by atoms with Crippen LogP contribution in [0.15, 0.2) is 24.3 Å². The highest BCUT2D eigenvalue weighted by molar-refractivity contribution is 7.21. The third-order valence-corrected chi connectivity index (χ3v) is 4.34. The van der Waals surface area contributed by atoms with Gasteiger partial charge in [-0.1, -0.05) is 18.2 Å². The van der Waals surface area contributed by atoms with Crippen LogP contribution in [-0.2, 0) is 20.7 Å². The second-order valence-corrected chi connectivity index (χ2v) is 5.60. The quantitative estimate of drug-likeness (QED) is 0.654. The van der Waals surface area contributed by atoms with E-state index < -0.39 is 11.9 Å². The van der Waals surface area contributed by atoms with Gasteiger partial charge < -0.3 is 10.5 Å². The van der Waals surface area contributed by atoms with Crippen LogP contribution < -0.4 is 5.73 Å². The van der Waals surface area contributed by atoms with Gasteiger partial charge in [0.15, 0.2) is 5.78 Å². The van der Waals surface area contributed by atoms with Crippen LogP contribution in [0.3, 0.4) is 0 Å². The summed E-state index contributed by atoms with van der Waals surface area (Å²) in [4.78, 5) is 35.2. The Labute approximate surface area is 125 Å². The van der Waals surface area contributed by atoms with E-state index >= 15 is 0 Å². The summed E-state index contributed by atoms with van der Waals surface area (Å²) in [5.41, 5.74) is 5.92. The van der Waals surface area contributed by atoms with Crippen molar-refractivity contribution in [1.29, 1.82) is 0 Å². The van der Waals surface area contributed by atoms with Gasteiger partial charge in [0, 0.05) is 11.1 Å². The van der Waals surface area contributed by atoms with Gasteiger partial charge >= 0.3 is 5.97 Å². The van der Waals surface area contributed by atoms with Crippen molar-refractivity contribution < 1.29 is 19.1 Å². The molecule has 1 aromatic carbocycles. The zero-order chi connectivity index (χ0) is 15.4. The lowest BCUT2D eigenvalue weighted by Gasteiger charge is -2.02. The van der Waals surface area contributed by atoms with Gasteiger partial charge in [-0.15, -0.1) is 11.3 Å². The molecule has 0 unspecified atom stereocenters. The first-order valence-corrected chi connectivity index (χ1v) is 7.23. The van der Waals surface area contributed by atoms with Crippen LogP contribution in [0.5, 0.6) is 0 Å². The predicted molar refractivity (Wildman–Crippen MR) is 80.3 cm³/mol. The maximum Gasteiger partial charge on any atom is 0.305 e. The van der Waals surface area contributed by atoms with Gasteiger partial charge in [-0.05, 0) is 17.0 Å². The van der Waals surface area contributed by atoms with Crippen molar-refractivity contribution in [3.05, 3.63) is 34.7 Å². The van der Waals surface area contributed by atoms with Gasteiger partial charge in [0.05, 0.1) is 24.8 Å². The van der Waals surface area contributed by atoms with Gasteiger partial charge in [-0.3, -0.25) is 14.4 Å². The molecule has 21 heavy (non-hydrogen) atoms. The molecule has 2 rings (SSSR count). The van der Waals surface area contributed by atoms with E-state index in [0.29, 0.717) is 10.4 Å². The molecule has 0 saturated heterocycles. The van der Waals surface area contributed by atoms with Crippen molar-refractivity contribution in [2.45, 2.75) is 19.3 Å². The summed E-state index contributed by atoms with van der Waals surface area (Å²) in [6, 6.07) is 7.47. The number of hydrogen-bond donors (Lipinski definition) is 1. The second-order valence-electron chi connectivity index (χ2n) is 4.55. The Morgan fingerprint density at radius 1 is 1.19 bits per heavy atom. The van der Waals surface area contributed by atoms with Gasteiger partial charge in [-0.2, -0.15) is 0 Å². The summed E-state index contributed by atoms with van der Waals surface area (Å²) in [6.07, 6.45) is 0.105. The number of benzene rings is 1. The first-order chi connectivity index (χ1) is 10.0. The van der Waals surface area contributed by atoms with Gasteiger partial charge in [0.1, 0.15) is 0 Å². The molecule has 6 heteroatoms. The summed E-state index contributed by atoms with van der Waals surface area (Å²) < 4.78 is 5.45. The Bertz CT molecular complexity index is 705. The van der Waals surface area contributed by atoms with E-state index in [1.54, 1.807) is 0 Å². The van der Waals surface area contributed by atoms with Gasteiger partial charge in [-0.25, -0.2) is 0 Å². The highest BCUT2D eigenvalue weighted by Crippen LogP contribution is 2.32. The van der Waals surface area contributed by atoms with E-state index in [1.807, 2.05) is 24.3 Å². The average molecular weight is 305 g/mol. The fourth-order valence-electron chi connectivity index (χ4n) is 2.10. The molecule has 2 aromatic rings. The minimum atomic E-state index is -0.486. The van der Waals surface area contributed by atoms with Crippen LogP contribution in [0.1, 0.15) is 28.1 Å². The number of amides is 1. The Balaban J connectivity index is 2.35. The summed E-state index contributed by atoms with van der Waals surface area (Å²) in [6.45, 7) is 0. The molecule has 0 aliphatic carbocycles. The van der Waals surface area contributed by atoms with Gasteiger partial charge in [0.2, 0.25) is 5.91 Å².